The normalized spacial score (nSPS) is 22.2. The van der Waals surface area contributed by atoms with E-state index in [2.05, 4.69) is 10.3 Å². The number of amides is 1. The lowest BCUT2D eigenvalue weighted by molar-refractivity contribution is 0.0714. The van der Waals surface area contributed by atoms with Gasteiger partial charge in [-0.3, -0.25) is 4.79 Å². The van der Waals surface area contributed by atoms with Crippen molar-refractivity contribution in [1.82, 2.24) is 10.3 Å². The number of carbonyl (C=O) groups excluding carboxylic acids is 1. The monoisotopic (exact) mass is 306 g/mol. The molecule has 1 aliphatic rings. The summed E-state index contributed by atoms with van der Waals surface area (Å²) < 4.78 is 5.31. The van der Waals surface area contributed by atoms with Gasteiger partial charge in [-0.25, -0.2) is 4.98 Å². The molecule has 0 radical (unpaired) electrons. The van der Waals surface area contributed by atoms with Crippen molar-refractivity contribution in [1.29, 1.82) is 0 Å². The molecule has 5 nitrogen and oxygen atoms in total. The van der Waals surface area contributed by atoms with E-state index in [1.165, 1.54) is 11.3 Å². The number of aromatic nitrogens is 1. The van der Waals surface area contributed by atoms with Gasteiger partial charge in [0, 0.05) is 4.88 Å². The Hall–Kier alpha value is -1.66. The molecule has 1 fully saturated rings. The van der Waals surface area contributed by atoms with Crippen molar-refractivity contribution in [3.63, 3.8) is 0 Å². The van der Waals surface area contributed by atoms with Crippen LogP contribution in [0.4, 0.5) is 0 Å². The molecule has 2 aromatic rings. The van der Waals surface area contributed by atoms with Gasteiger partial charge in [0.25, 0.3) is 5.91 Å². The van der Waals surface area contributed by atoms with Crippen molar-refractivity contribution in [3.05, 3.63) is 29.0 Å². The molecule has 0 bridgehead atoms. The molecular formula is C15H18N2O3S. The summed E-state index contributed by atoms with van der Waals surface area (Å²) >= 11 is 1.44. The lowest BCUT2D eigenvalue weighted by Crippen LogP contribution is -2.45. The van der Waals surface area contributed by atoms with Gasteiger partial charge in [-0.05, 0) is 31.9 Å². The van der Waals surface area contributed by atoms with E-state index in [4.69, 9.17) is 4.42 Å². The first kappa shape index (κ1) is 14.3. The number of rotatable bonds is 3. The number of hydrogen-bond acceptors (Lipinski definition) is 5. The summed E-state index contributed by atoms with van der Waals surface area (Å²) in [6.45, 7) is 1.87. The van der Waals surface area contributed by atoms with Crippen LogP contribution in [0.25, 0.3) is 10.8 Å². The Morgan fingerprint density at radius 2 is 2.29 bits per heavy atom. The lowest BCUT2D eigenvalue weighted by atomic mass is 9.92. The maximum Gasteiger partial charge on any atom is 0.271 e. The van der Waals surface area contributed by atoms with Gasteiger partial charge in [-0.1, -0.05) is 12.8 Å². The number of nitrogens with zero attached hydrogens (tertiary/aromatic N) is 1. The highest BCUT2D eigenvalue weighted by molar-refractivity contribution is 7.15. The molecule has 1 saturated carbocycles. The SMILES string of the molecule is Cc1sc(-c2ccco2)nc1C(=O)N[C@H]1CCCC[C@@H]1O. The van der Waals surface area contributed by atoms with Gasteiger partial charge in [-0.15, -0.1) is 11.3 Å². The third kappa shape index (κ3) is 3.01. The van der Waals surface area contributed by atoms with Crippen LogP contribution in [0.15, 0.2) is 22.8 Å². The first-order valence-corrected chi connectivity index (χ1v) is 7.97. The molecule has 3 rings (SSSR count). The molecule has 2 aromatic heterocycles. The Morgan fingerprint density at radius 1 is 1.48 bits per heavy atom. The van der Waals surface area contributed by atoms with Crippen LogP contribution in [0.2, 0.25) is 0 Å². The van der Waals surface area contributed by atoms with Crippen LogP contribution < -0.4 is 5.32 Å². The van der Waals surface area contributed by atoms with Crippen LogP contribution in [0.5, 0.6) is 0 Å². The summed E-state index contributed by atoms with van der Waals surface area (Å²) in [5.41, 5.74) is 0.421. The topological polar surface area (TPSA) is 75.4 Å². The van der Waals surface area contributed by atoms with E-state index < -0.39 is 6.10 Å². The number of thiazole rings is 1. The van der Waals surface area contributed by atoms with Crippen molar-refractivity contribution in [2.24, 2.45) is 0 Å². The largest absolute Gasteiger partial charge is 0.462 e. The average molecular weight is 306 g/mol. The summed E-state index contributed by atoms with van der Waals surface area (Å²) in [5.74, 6) is 0.451. The zero-order valence-corrected chi connectivity index (χ0v) is 12.7. The second kappa shape index (κ2) is 5.99. The third-order valence-electron chi connectivity index (χ3n) is 3.79. The number of nitrogens with one attached hydrogen (secondary N) is 1. The first-order chi connectivity index (χ1) is 10.1. The van der Waals surface area contributed by atoms with Crippen molar-refractivity contribution >= 4 is 17.2 Å². The van der Waals surface area contributed by atoms with E-state index in [9.17, 15) is 9.90 Å². The van der Waals surface area contributed by atoms with Crippen LogP contribution in [-0.2, 0) is 0 Å². The summed E-state index contributed by atoms with van der Waals surface area (Å²) in [7, 11) is 0. The molecule has 2 heterocycles. The fraction of sp³-hybridized carbons (Fsp3) is 0.467. The molecule has 0 spiro atoms. The number of aliphatic hydroxyl groups excluding tert-OH is 1. The second-order valence-corrected chi connectivity index (χ2v) is 6.54. The van der Waals surface area contributed by atoms with E-state index >= 15 is 0 Å². The van der Waals surface area contributed by atoms with Crippen LogP contribution in [-0.4, -0.2) is 28.1 Å². The van der Waals surface area contributed by atoms with E-state index in [1.54, 1.807) is 12.3 Å². The maximum absolute atomic E-state index is 12.4. The second-order valence-electron chi connectivity index (χ2n) is 5.33. The lowest BCUT2D eigenvalue weighted by Gasteiger charge is -2.28. The minimum Gasteiger partial charge on any atom is -0.462 e. The molecule has 2 atom stereocenters. The highest BCUT2D eigenvalue weighted by atomic mass is 32.1. The van der Waals surface area contributed by atoms with Crippen LogP contribution >= 0.6 is 11.3 Å². The molecule has 2 N–H and O–H groups in total. The van der Waals surface area contributed by atoms with Gasteiger partial charge < -0.3 is 14.8 Å². The Labute approximate surface area is 127 Å². The highest BCUT2D eigenvalue weighted by Crippen LogP contribution is 2.28. The van der Waals surface area contributed by atoms with E-state index in [1.807, 2.05) is 13.0 Å². The first-order valence-electron chi connectivity index (χ1n) is 7.15. The van der Waals surface area contributed by atoms with Crippen molar-refractivity contribution in [2.45, 2.75) is 44.8 Å². The Balaban J connectivity index is 1.75. The van der Waals surface area contributed by atoms with E-state index in [-0.39, 0.29) is 11.9 Å². The summed E-state index contributed by atoms with van der Waals surface area (Å²) in [6, 6.07) is 3.45. The number of aliphatic hydroxyl groups is 1. The molecule has 0 unspecified atom stereocenters. The third-order valence-corrected chi connectivity index (χ3v) is 4.77. The van der Waals surface area contributed by atoms with E-state index in [0.29, 0.717) is 16.5 Å². The van der Waals surface area contributed by atoms with Crippen LogP contribution in [0.1, 0.15) is 41.0 Å². The van der Waals surface area contributed by atoms with Gasteiger partial charge in [-0.2, -0.15) is 0 Å². The van der Waals surface area contributed by atoms with Crippen LogP contribution in [0.3, 0.4) is 0 Å². The summed E-state index contributed by atoms with van der Waals surface area (Å²) in [5, 5.41) is 13.6. The number of aryl methyl sites for hydroxylation is 1. The number of hydrogen-bond donors (Lipinski definition) is 2. The van der Waals surface area contributed by atoms with Crippen molar-refractivity contribution in [3.8, 4) is 10.8 Å². The maximum atomic E-state index is 12.4. The molecule has 21 heavy (non-hydrogen) atoms. The summed E-state index contributed by atoms with van der Waals surface area (Å²) in [4.78, 5) is 17.6. The number of carbonyl (C=O) groups is 1. The Morgan fingerprint density at radius 3 is 3.00 bits per heavy atom. The van der Waals surface area contributed by atoms with Gasteiger partial charge in [0.05, 0.1) is 18.4 Å². The van der Waals surface area contributed by atoms with E-state index in [0.717, 1.165) is 30.6 Å². The molecule has 1 amide bonds. The predicted octanol–water partition coefficient (Wildman–Crippen LogP) is 2.74. The fourth-order valence-corrected chi connectivity index (χ4v) is 3.51. The van der Waals surface area contributed by atoms with Gasteiger partial charge in [0.1, 0.15) is 5.69 Å². The highest BCUT2D eigenvalue weighted by Gasteiger charge is 2.26. The summed E-state index contributed by atoms with van der Waals surface area (Å²) in [6.07, 6.45) is 4.76. The van der Waals surface area contributed by atoms with Gasteiger partial charge >= 0.3 is 0 Å². The minimum atomic E-state index is -0.453. The Kier molecular flexibility index (Phi) is 4.07. The predicted molar refractivity (Wildman–Crippen MR) is 80.3 cm³/mol. The van der Waals surface area contributed by atoms with Gasteiger partial charge in [0.15, 0.2) is 10.8 Å². The molecule has 6 heteroatoms. The Bertz CT molecular complexity index is 621. The zero-order valence-electron chi connectivity index (χ0n) is 11.8. The molecule has 112 valence electrons. The minimum absolute atomic E-state index is 0.167. The molecule has 0 aromatic carbocycles. The molecule has 0 saturated heterocycles. The average Bonchev–Trinajstić information content (AvgIpc) is 3.10. The molecule has 1 aliphatic carbocycles. The molecular weight excluding hydrogens is 288 g/mol. The molecule has 0 aliphatic heterocycles. The standard InChI is InChI=1S/C15H18N2O3S/c1-9-13(17-15(21-9)12-7-4-8-20-12)14(19)16-10-5-2-3-6-11(10)18/h4,7-8,10-11,18H,2-3,5-6H2,1H3,(H,16,19)/t10-,11-/m0/s1. The fourth-order valence-electron chi connectivity index (χ4n) is 2.63. The smallest absolute Gasteiger partial charge is 0.271 e. The van der Waals surface area contributed by atoms with Gasteiger partial charge in [0.2, 0.25) is 0 Å². The van der Waals surface area contributed by atoms with Crippen LogP contribution in [0, 0.1) is 6.92 Å². The number of furan rings is 1. The van der Waals surface area contributed by atoms with Crippen molar-refractivity contribution < 1.29 is 14.3 Å². The zero-order chi connectivity index (χ0) is 14.8. The quantitative estimate of drug-likeness (QED) is 0.914. The van der Waals surface area contributed by atoms with Crippen molar-refractivity contribution in [2.75, 3.05) is 0 Å².